The Bertz CT molecular complexity index is 838. The highest BCUT2D eigenvalue weighted by Gasteiger charge is 2.03. The second-order valence-electron chi connectivity index (χ2n) is 4.82. The first kappa shape index (κ1) is 13.7. The van der Waals surface area contributed by atoms with Crippen molar-refractivity contribution in [3.63, 3.8) is 0 Å². The number of hydrogen-bond donors (Lipinski definition) is 3. The van der Waals surface area contributed by atoms with Gasteiger partial charge in [0.1, 0.15) is 0 Å². The molecule has 22 heavy (non-hydrogen) atoms. The van der Waals surface area contributed by atoms with Gasteiger partial charge in [-0.25, -0.2) is 4.99 Å². The van der Waals surface area contributed by atoms with Gasteiger partial charge < -0.3 is 21.6 Å². The molecule has 0 aliphatic carbocycles. The van der Waals surface area contributed by atoms with E-state index in [0.717, 1.165) is 16.6 Å². The third kappa shape index (κ3) is 2.90. The van der Waals surface area contributed by atoms with Crippen LogP contribution in [-0.4, -0.2) is 16.3 Å². The van der Waals surface area contributed by atoms with Crippen molar-refractivity contribution in [1.82, 2.24) is 4.40 Å². The number of pyridine rings is 1. The van der Waals surface area contributed by atoms with Gasteiger partial charge in [-0.2, -0.15) is 4.99 Å². The Labute approximate surface area is 127 Å². The molecule has 0 spiro atoms. The average molecular weight is 292 g/mol. The Balaban J connectivity index is 1.99. The predicted molar refractivity (Wildman–Crippen MR) is 89.9 cm³/mol. The molecule has 2 aromatic heterocycles. The Morgan fingerprint density at radius 1 is 0.909 bits per heavy atom. The molecule has 6 N–H and O–H groups in total. The van der Waals surface area contributed by atoms with Crippen LogP contribution in [0.2, 0.25) is 0 Å². The van der Waals surface area contributed by atoms with Crippen LogP contribution in [0.5, 0.6) is 0 Å². The summed E-state index contributed by atoms with van der Waals surface area (Å²) >= 11 is 0. The number of guanidine groups is 2. The minimum absolute atomic E-state index is 0.0270. The molecule has 6 heteroatoms. The molecule has 0 bridgehead atoms. The molecule has 0 amide bonds. The molecule has 1 aromatic carbocycles. The van der Waals surface area contributed by atoms with Gasteiger partial charge in [0, 0.05) is 23.5 Å². The predicted octanol–water partition coefficient (Wildman–Crippen LogP) is 1.83. The van der Waals surface area contributed by atoms with E-state index >= 15 is 0 Å². The maximum Gasteiger partial charge on any atom is 0.223 e. The highest BCUT2D eigenvalue weighted by Crippen LogP contribution is 2.26. The van der Waals surface area contributed by atoms with Crippen molar-refractivity contribution in [3.8, 4) is 11.1 Å². The molecule has 0 atom stereocenters. The van der Waals surface area contributed by atoms with Crippen LogP contribution >= 0.6 is 0 Å². The van der Waals surface area contributed by atoms with E-state index in [1.165, 1.54) is 0 Å². The van der Waals surface area contributed by atoms with Gasteiger partial charge in [-0.1, -0.05) is 18.2 Å². The zero-order valence-electron chi connectivity index (χ0n) is 11.8. The number of fused-ring (bicyclic) bond motifs is 1. The molecule has 0 radical (unpaired) electrons. The summed E-state index contributed by atoms with van der Waals surface area (Å²) in [5, 5.41) is 0. The fourth-order valence-electron chi connectivity index (χ4n) is 2.26. The standard InChI is InChI=1S/C16H16N6/c17-15(18)21-16(19)20-13-5-3-4-11(8-13)12-9-14-6-1-2-7-22(14)10-12/h1-10H,(H6,17,18,19,20,21). The van der Waals surface area contributed by atoms with Crippen LogP contribution in [0.15, 0.2) is 70.9 Å². The minimum Gasteiger partial charge on any atom is -0.370 e. The normalized spacial score (nSPS) is 11.5. The molecule has 3 aromatic rings. The van der Waals surface area contributed by atoms with Crippen molar-refractivity contribution in [1.29, 1.82) is 0 Å². The van der Waals surface area contributed by atoms with Crippen LogP contribution in [0.25, 0.3) is 16.6 Å². The van der Waals surface area contributed by atoms with E-state index in [2.05, 4.69) is 32.7 Å². The lowest BCUT2D eigenvalue weighted by molar-refractivity contribution is 1.20. The molecule has 2 heterocycles. The lowest BCUT2D eigenvalue weighted by Gasteiger charge is -2.00. The topological polar surface area (TPSA) is 107 Å². The molecule has 6 nitrogen and oxygen atoms in total. The molecular weight excluding hydrogens is 276 g/mol. The highest BCUT2D eigenvalue weighted by molar-refractivity contribution is 5.93. The number of rotatable bonds is 2. The number of nitrogens with two attached hydrogens (primary N) is 3. The van der Waals surface area contributed by atoms with Crippen molar-refractivity contribution >= 4 is 23.1 Å². The van der Waals surface area contributed by atoms with E-state index in [4.69, 9.17) is 17.2 Å². The molecule has 3 rings (SSSR count). The summed E-state index contributed by atoms with van der Waals surface area (Å²) in [6.45, 7) is 0. The summed E-state index contributed by atoms with van der Waals surface area (Å²) in [7, 11) is 0. The summed E-state index contributed by atoms with van der Waals surface area (Å²) in [5.41, 5.74) is 20.2. The lowest BCUT2D eigenvalue weighted by Crippen LogP contribution is -2.26. The molecule has 0 fully saturated rings. The van der Waals surface area contributed by atoms with E-state index in [9.17, 15) is 0 Å². The maximum absolute atomic E-state index is 5.66. The number of hydrogen-bond acceptors (Lipinski definition) is 1. The van der Waals surface area contributed by atoms with Crippen LogP contribution in [0.3, 0.4) is 0 Å². The largest absolute Gasteiger partial charge is 0.370 e. The van der Waals surface area contributed by atoms with Gasteiger partial charge >= 0.3 is 0 Å². The van der Waals surface area contributed by atoms with Crippen LogP contribution in [-0.2, 0) is 0 Å². The SMILES string of the molecule is NC(N)=NC(N)=Nc1cccc(-c2cc3ccccn3c2)c1. The van der Waals surface area contributed by atoms with Gasteiger partial charge in [0.2, 0.25) is 5.96 Å². The minimum atomic E-state index is -0.115. The Morgan fingerprint density at radius 2 is 1.77 bits per heavy atom. The first-order valence-corrected chi connectivity index (χ1v) is 6.73. The zero-order valence-corrected chi connectivity index (χ0v) is 11.8. The van der Waals surface area contributed by atoms with E-state index in [1.54, 1.807) is 0 Å². The first-order chi connectivity index (χ1) is 10.6. The van der Waals surface area contributed by atoms with Crippen molar-refractivity contribution in [2.45, 2.75) is 0 Å². The Hall–Kier alpha value is -3.28. The van der Waals surface area contributed by atoms with Gasteiger partial charge in [-0.05, 0) is 35.9 Å². The van der Waals surface area contributed by atoms with Crippen LogP contribution in [0.1, 0.15) is 0 Å². The Morgan fingerprint density at radius 3 is 2.55 bits per heavy atom. The summed E-state index contributed by atoms with van der Waals surface area (Å²) < 4.78 is 2.07. The van der Waals surface area contributed by atoms with Crippen molar-refractivity contribution in [2.75, 3.05) is 0 Å². The van der Waals surface area contributed by atoms with E-state index in [0.29, 0.717) is 5.69 Å². The third-order valence-corrected chi connectivity index (χ3v) is 3.17. The highest BCUT2D eigenvalue weighted by atomic mass is 15.1. The second-order valence-corrected chi connectivity index (χ2v) is 4.82. The van der Waals surface area contributed by atoms with Crippen molar-refractivity contribution < 1.29 is 0 Å². The number of aliphatic imine (C=N–C) groups is 2. The molecular formula is C16H16N6. The van der Waals surface area contributed by atoms with E-state index < -0.39 is 0 Å². The quantitative estimate of drug-likeness (QED) is 0.495. The zero-order chi connectivity index (χ0) is 15.5. The molecule has 0 aliphatic rings. The molecule has 0 aliphatic heterocycles. The third-order valence-electron chi connectivity index (χ3n) is 3.17. The fourth-order valence-corrected chi connectivity index (χ4v) is 2.26. The summed E-state index contributed by atoms with van der Waals surface area (Å²) in [4.78, 5) is 7.89. The van der Waals surface area contributed by atoms with Gasteiger partial charge in [-0.15, -0.1) is 0 Å². The average Bonchev–Trinajstić information content (AvgIpc) is 2.90. The smallest absolute Gasteiger partial charge is 0.223 e. The molecule has 0 saturated carbocycles. The Kier molecular flexibility index (Phi) is 3.49. The number of aromatic nitrogens is 1. The second kappa shape index (κ2) is 5.61. The van der Waals surface area contributed by atoms with Crippen LogP contribution in [0, 0.1) is 0 Å². The molecule has 110 valence electrons. The monoisotopic (exact) mass is 292 g/mol. The van der Waals surface area contributed by atoms with Gasteiger partial charge in [0.15, 0.2) is 5.96 Å². The first-order valence-electron chi connectivity index (χ1n) is 6.73. The number of nitrogens with zero attached hydrogens (tertiary/aromatic N) is 3. The van der Waals surface area contributed by atoms with Crippen molar-refractivity contribution in [3.05, 3.63) is 60.9 Å². The van der Waals surface area contributed by atoms with Gasteiger partial charge in [0.25, 0.3) is 0 Å². The van der Waals surface area contributed by atoms with E-state index in [1.807, 2.05) is 42.6 Å². The van der Waals surface area contributed by atoms with E-state index in [-0.39, 0.29) is 11.9 Å². The van der Waals surface area contributed by atoms with Crippen LogP contribution < -0.4 is 17.2 Å². The lowest BCUT2D eigenvalue weighted by atomic mass is 10.1. The van der Waals surface area contributed by atoms with Gasteiger partial charge in [0.05, 0.1) is 5.69 Å². The summed E-state index contributed by atoms with van der Waals surface area (Å²) in [5.74, 6) is -0.0877. The van der Waals surface area contributed by atoms with Crippen LogP contribution in [0.4, 0.5) is 5.69 Å². The number of benzene rings is 1. The molecule has 0 saturated heterocycles. The maximum atomic E-state index is 5.66. The van der Waals surface area contributed by atoms with Crippen molar-refractivity contribution in [2.24, 2.45) is 27.2 Å². The van der Waals surface area contributed by atoms with Gasteiger partial charge in [-0.3, -0.25) is 0 Å². The summed E-state index contributed by atoms with van der Waals surface area (Å²) in [6, 6.07) is 15.9. The fraction of sp³-hybridized carbons (Fsp3) is 0. The molecule has 0 unspecified atom stereocenters. The summed E-state index contributed by atoms with van der Waals surface area (Å²) in [6.07, 6.45) is 4.08.